The van der Waals surface area contributed by atoms with E-state index in [1.54, 1.807) is 4.68 Å². The van der Waals surface area contributed by atoms with Gasteiger partial charge in [0.1, 0.15) is 5.82 Å². The number of halogens is 4. The van der Waals surface area contributed by atoms with E-state index in [9.17, 15) is 13.2 Å². The van der Waals surface area contributed by atoms with E-state index in [1.165, 1.54) is 0 Å². The highest BCUT2D eigenvalue weighted by atomic mass is 79.9. The summed E-state index contributed by atoms with van der Waals surface area (Å²) in [6.45, 7) is 1.82. The number of hydrogen-bond acceptors (Lipinski definition) is 2. The molecule has 0 radical (unpaired) electrons. The summed E-state index contributed by atoms with van der Waals surface area (Å²) in [4.78, 5) is 0. The van der Waals surface area contributed by atoms with Gasteiger partial charge in [0.2, 0.25) is 0 Å². The van der Waals surface area contributed by atoms with Crippen LogP contribution in [0.3, 0.4) is 0 Å². The van der Waals surface area contributed by atoms with Crippen molar-refractivity contribution in [2.75, 3.05) is 5.73 Å². The van der Waals surface area contributed by atoms with Crippen LogP contribution in [0.25, 0.3) is 0 Å². The van der Waals surface area contributed by atoms with Crippen molar-refractivity contribution in [1.82, 2.24) is 9.78 Å². The molecule has 1 heterocycles. The Hall–Kier alpha value is -0.720. The van der Waals surface area contributed by atoms with Crippen LogP contribution in [0.4, 0.5) is 19.0 Å². The van der Waals surface area contributed by atoms with Gasteiger partial charge in [-0.1, -0.05) is 0 Å². The summed E-state index contributed by atoms with van der Waals surface area (Å²) in [5.41, 5.74) is 6.66. The van der Waals surface area contributed by atoms with E-state index < -0.39 is 12.1 Å². The third-order valence-electron chi connectivity index (χ3n) is 3.55. The van der Waals surface area contributed by atoms with Crippen LogP contribution < -0.4 is 5.73 Å². The van der Waals surface area contributed by atoms with Gasteiger partial charge >= 0.3 is 6.18 Å². The molecule has 2 rings (SSSR count). The largest absolute Gasteiger partial charge is 0.391 e. The fourth-order valence-electron chi connectivity index (χ4n) is 2.47. The molecule has 2 N–H and O–H groups in total. The number of anilines is 1. The lowest BCUT2D eigenvalue weighted by Crippen LogP contribution is -2.29. The van der Waals surface area contributed by atoms with E-state index >= 15 is 0 Å². The first-order valence-corrected chi connectivity index (χ1v) is 6.66. The summed E-state index contributed by atoms with van der Waals surface area (Å²) in [5, 5.41) is 4.28. The van der Waals surface area contributed by atoms with Gasteiger partial charge in [0.15, 0.2) is 0 Å². The van der Waals surface area contributed by atoms with Crippen molar-refractivity contribution in [1.29, 1.82) is 0 Å². The summed E-state index contributed by atoms with van der Waals surface area (Å²) in [6.07, 6.45) is -2.81. The highest BCUT2D eigenvalue weighted by molar-refractivity contribution is 9.10. The van der Waals surface area contributed by atoms with E-state index in [0.29, 0.717) is 18.7 Å². The van der Waals surface area contributed by atoms with Crippen LogP contribution in [0.15, 0.2) is 4.47 Å². The maximum Gasteiger partial charge on any atom is 0.391 e. The van der Waals surface area contributed by atoms with Crippen LogP contribution in [-0.4, -0.2) is 16.0 Å². The Morgan fingerprint density at radius 1 is 1.28 bits per heavy atom. The lowest BCUT2D eigenvalue weighted by atomic mass is 9.85. The molecule has 0 amide bonds. The molecule has 0 unspecified atom stereocenters. The number of nitrogens with two attached hydrogens (primary N) is 1. The molecule has 1 aromatic heterocycles. The standard InChI is InChI=1S/C11H15BrF3N3/c1-6-9(12)10(16)18(17-6)8-4-2-7(3-5-8)11(13,14)15/h7-8H,2-5,16H2,1H3. The van der Waals surface area contributed by atoms with Crippen LogP contribution in [-0.2, 0) is 0 Å². The number of alkyl halides is 3. The van der Waals surface area contributed by atoms with Gasteiger partial charge in [-0.15, -0.1) is 0 Å². The number of hydrogen-bond donors (Lipinski definition) is 1. The lowest BCUT2D eigenvalue weighted by Gasteiger charge is -2.30. The number of aryl methyl sites for hydroxylation is 1. The lowest BCUT2D eigenvalue weighted by molar-refractivity contribution is -0.183. The molecule has 1 fully saturated rings. The van der Waals surface area contributed by atoms with Crippen molar-refractivity contribution in [3.63, 3.8) is 0 Å². The first-order valence-electron chi connectivity index (χ1n) is 5.87. The average molecular weight is 326 g/mol. The predicted octanol–water partition coefficient (Wildman–Crippen LogP) is 3.83. The topological polar surface area (TPSA) is 43.8 Å². The first-order chi connectivity index (χ1) is 8.30. The monoisotopic (exact) mass is 325 g/mol. The number of nitrogens with zero attached hydrogens (tertiary/aromatic N) is 2. The molecule has 0 aromatic carbocycles. The molecule has 0 aliphatic heterocycles. The van der Waals surface area contributed by atoms with E-state index in [0.717, 1.165) is 10.2 Å². The van der Waals surface area contributed by atoms with Crippen molar-refractivity contribution in [3.05, 3.63) is 10.2 Å². The van der Waals surface area contributed by atoms with Crippen LogP contribution >= 0.6 is 15.9 Å². The van der Waals surface area contributed by atoms with Crippen molar-refractivity contribution in [3.8, 4) is 0 Å². The zero-order chi connectivity index (χ0) is 13.5. The molecule has 1 saturated carbocycles. The Morgan fingerprint density at radius 2 is 1.83 bits per heavy atom. The minimum absolute atomic E-state index is 0.0198. The van der Waals surface area contributed by atoms with Gasteiger partial charge in [0.05, 0.1) is 22.1 Å². The van der Waals surface area contributed by atoms with E-state index in [1.807, 2.05) is 6.92 Å². The Kier molecular flexibility index (Phi) is 3.62. The molecule has 3 nitrogen and oxygen atoms in total. The molecule has 1 aliphatic rings. The number of nitrogen functional groups attached to an aromatic ring is 1. The van der Waals surface area contributed by atoms with Gasteiger partial charge in [-0.05, 0) is 48.5 Å². The van der Waals surface area contributed by atoms with Crippen LogP contribution in [0.2, 0.25) is 0 Å². The molecular formula is C11H15BrF3N3. The minimum Gasteiger partial charge on any atom is -0.383 e. The number of aromatic nitrogens is 2. The Labute approximate surface area is 112 Å². The summed E-state index contributed by atoms with van der Waals surface area (Å²) in [5.74, 6) is -0.668. The fraction of sp³-hybridized carbons (Fsp3) is 0.727. The molecule has 0 spiro atoms. The zero-order valence-corrected chi connectivity index (χ0v) is 11.6. The Morgan fingerprint density at radius 3 is 2.22 bits per heavy atom. The summed E-state index contributed by atoms with van der Waals surface area (Å²) < 4.78 is 40.1. The third-order valence-corrected chi connectivity index (χ3v) is 4.53. The van der Waals surface area contributed by atoms with Gasteiger partial charge in [0, 0.05) is 0 Å². The summed E-state index contributed by atoms with van der Waals surface area (Å²) in [7, 11) is 0. The van der Waals surface area contributed by atoms with Crippen LogP contribution in [0, 0.1) is 12.8 Å². The highest BCUT2D eigenvalue weighted by Gasteiger charge is 2.42. The second-order valence-electron chi connectivity index (χ2n) is 4.78. The molecule has 7 heteroatoms. The molecular weight excluding hydrogens is 311 g/mol. The Balaban J connectivity index is 2.08. The van der Waals surface area contributed by atoms with Gasteiger partial charge in [0.25, 0.3) is 0 Å². The average Bonchev–Trinajstić information content (AvgIpc) is 2.56. The van der Waals surface area contributed by atoms with Gasteiger partial charge in [-0.25, -0.2) is 4.68 Å². The molecule has 18 heavy (non-hydrogen) atoms. The molecule has 0 saturated heterocycles. The van der Waals surface area contributed by atoms with E-state index in [-0.39, 0.29) is 18.9 Å². The van der Waals surface area contributed by atoms with Crippen LogP contribution in [0.5, 0.6) is 0 Å². The summed E-state index contributed by atoms with van der Waals surface area (Å²) in [6, 6.07) is -0.0198. The Bertz CT molecular complexity index is 433. The van der Waals surface area contributed by atoms with E-state index in [4.69, 9.17) is 5.73 Å². The first kappa shape index (κ1) is 13.7. The van der Waals surface area contributed by atoms with Crippen molar-refractivity contribution >= 4 is 21.7 Å². The molecule has 1 aromatic rings. The van der Waals surface area contributed by atoms with Crippen molar-refractivity contribution < 1.29 is 13.2 Å². The smallest absolute Gasteiger partial charge is 0.383 e. The highest BCUT2D eigenvalue weighted by Crippen LogP contribution is 2.42. The SMILES string of the molecule is Cc1nn(C2CCC(C(F)(F)F)CC2)c(N)c1Br. The third kappa shape index (κ3) is 2.50. The van der Waals surface area contributed by atoms with Gasteiger partial charge < -0.3 is 5.73 Å². The summed E-state index contributed by atoms with van der Waals surface area (Å²) >= 11 is 3.32. The second-order valence-corrected chi connectivity index (χ2v) is 5.57. The van der Waals surface area contributed by atoms with Crippen molar-refractivity contribution in [2.24, 2.45) is 5.92 Å². The maximum absolute atomic E-state index is 12.6. The second kappa shape index (κ2) is 4.75. The zero-order valence-electron chi connectivity index (χ0n) is 9.97. The number of rotatable bonds is 1. The predicted molar refractivity (Wildman–Crippen MR) is 66.1 cm³/mol. The maximum atomic E-state index is 12.6. The molecule has 0 atom stereocenters. The van der Waals surface area contributed by atoms with Gasteiger partial charge in [-0.2, -0.15) is 18.3 Å². The molecule has 1 aliphatic carbocycles. The normalized spacial score (nSPS) is 25.4. The van der Waals surface area contributed by atoms with Crippen molar-refractivity contribution in [2.45, 2.75) is 44.8 Å². The molecule has 0 bridgehead atoms. The van der Waals surface area contributed by atoms with Crippen LogP contribution in [0.1, 0.15) is 37.4 Å². The van der Waals surface area contributed by atoms with E-state index in [2.05, 4.69) is 21.0 Å². The minimum atomic E-state index is -4.07. The fourth-order valence-corrected chi connectivity index (χ4v) is 2.73. The molecule has 102 valence electrons. The quantitative estimate of drug-likeness (QED) is 0.852. The van der Waals surface area contributed by atoms with Gasteiger partial charge in [-0.3, -0.25) is 0 Å².